The van der Waals surface area contributed by atoms with Gasteiger partial charge in [-0.25, -0.2) is 0 Å². The number of hydrogen-bond donors (Lipinski definition) is 1. The van der Waals surface area contributed by atoms with E-state index in [9.17, 15) is 0 Å². The molecule has 0 bridgehead atoms. The summed E-state index contributed by atoms with van der Waals surface area (Å²) < 4.78 is 0. The minimum atomic E-state index is 0.650. The molecule has 0 amide bonds. The summed E-state index contributed by atoms with van der Waals surface area (Å²) in [7, 11) is 0. The Labute approximate surface area is 80.7 Å². The van der Waals surface area contributed by atoms with Crippen LogP contribution in [0.2, 0.25) is 0 Å². The van der Waals surface area contributed by atoms with Crippen LogP contribution in [0.1, 0.15) is 33.1 Å². The number of nitrogens with one attached hydrogen (secondary N) is 1. The van der Waals surface area contributed by atoms with Gasteiger partial charge in [0.2, 0.25) is 0 Å². The van der Waals surface area contributed by atoms with Crippen LogP contribution in [0.3, 0.4) is 0 Å². The third-order valence-corrected chi connectivity index (χ3v) is 3.29. The number of thioether (sulfide) groups is 1. The molecule has 1 aliphatic carbocycles. The standard InChI is InChI=1S/C10H21NS/c1-9(2)11-8-10(4-5-10)6-7-12-3/h9,11H,4-8H2,1-3H3. The van der Waals surface area contributed by atoms with Crippen molar-refractivity contribution in [3.8, 4) is 0 Å². The van der Waals surface area contributed by atoms with Crippen LogP contribution in [-0.2, 0) is 0 Å². The van der Waals surface area contributed by atoms with Crippen LogP contribution >= 0.6 is 11.8 Å². The Hall–Kier alpha value is 0.310. The lowest BCUT2D eigenvalue weighted by Gasteiger charge is -2.17. The van der Waals surface area contributed by atoms with Crippen molar-refractivity contribution in [2.24, 2.45) is 5.41 Å². The van der Waals surface area contributed by atoms with E-state index in [1.807, 2.05) is 11.8 Å². The summed E-state index contributed by atoms with van der Waals surface area (Å²) in [5.74, 6) is 1.33. The van der Waals surface area contributed by atoms with E-state index in [4.69, 9.17) is 0 Å². The van der Waals surface area contributed by atoms with Crippen molar-refractivity contribution in [3.05, 3.63) is 0 Å². The highest BCUT2D eigenvalue weighted by Crippen LogP contribution is 2.48. The highest BCUT2D eigenvalue weighted by atomic mass is 32.2. The Morgan fingerprint density at radius 2 is 2.08 bits per heavy atom. The third-order valence-electron chi connectivity index (χ3n) is 2.68. The smallest absolute Gasteiger partial charge is 0.00106 e. The molecule has 1 nitrogen and oxygen atoms in total. The molecule has 0 aromatic carbocycles. The minimum Gasteiger partial charge on any atom is -0.314 e. The van der Waals surface area contributed by atoms with E-state index >= 15 is 0 Å². The maximum absolute atomic E-state index is 3.55. The van der Waals surface area contributed by atoms with Crippen LogP contribution in [0.25, 0.3) is 0 Å². The van der Waals surface area contributed by atoms with Gasteiger partial charge in [0.1, 0.15) is 0 Å². The topological polar surface area (TPSA) is 12.0 Å². The molecule has 12 heavy (non-hydrogen) atoms. The molecule has 2 heteroatoms. The first-order valence-corrected chi connectivity index (χ1v) is 6.30. The summed E-state index contributed by atoms with van der Waals surface area (Å²) in [4.78, 5) is 0. The highest BCUT2D eigenvalue weighted by Gasteiger charge is 2.41. The largest absolute Gasteiger partial charge is 0.314 e. The molecular formula is C10H21NS. The first kappa shape index (κ1) is 10.4. The molecule has 1 rings (SSSR count). The Bertz CT molecular complexity index is 130. The first-order chi connectivity index (χ1) is 5.68. The van der Waals surface area contributed by atoms with Gasteiger partial charge in [-0.2, -0.15) is 11.8 Å². The van der Waals surface area contributed by atoms with E-state index in [1.54, 1.807) is 0 Å². The summed E-state index contributed by atoms with van der Waals surface area (Å²) in [5.41, 5.74) is 0.702. The SMILES string of the molecule is CSCCC1(CNC(C)C)CC1. The van der Waals surface area contributed by atoms with Crippen molar-refractivity contribution in [2.75, 3.05) is 18.6 Å². The van der Waals surface area contributed by atoms with Crippen LogP contribution < -0.4 is 5.32 Å². The van der Waals surface area contributed by atoms with E-state index in [1.165, 1.54) is 31.6 Å². The molecular weight excluding hydrogens is 166 g/mol. The second-order valence-corrected chi connectivity index (χ2v) is 5.26. The maximum Gasteiger partial charge on any atom is 0.00106 e. The molecule has 0 atom stereocenters. The molecule has 72 valence electrons. The Balaban J connectivity index is 2.12. The predicted octanol–water partition coefficient (Wildman–Crippen LogP) is 2.52. The van der Waals surface area contributed by atoms with Crippen molar-refractivity contribution >= 4 is 11.8 Å². The monoisotopic (exact) mass is 187 g/mol. The second kappa shape index (κ2) is 4.52. The molecule has 1 saturated carbocycles. The molecule has 1 aliphatic rings. The van der Waals surface area contributed by atoms with Crippen LogP contribution in [0.4, 0.5) is 0 Å². The molecule has 0 unspecified atom stereocenters. The van der Waals surface area contributed by atoms with Crippen molar-refractivity contribution in [2.45, 2.75) is 39.2 Å². The summed E-state index contributed by atoms with van der Waals surface area (Å²) in [6, 6.07) is 0.650. The van der Waals surface area contributed by atoms with Gasteiger partial charge in [0.25, 0.3) is 0 Å². The zero-order valence-electron chi connectivity index (χ0n) is 8.52. The van der Waals surface area contributed by atoms with Crippen LogP contribution in [0.15, 0.2) is 0 Å². The van der Waals surface area contributed by atoms with Gasteiger partial charge in [0, 0.05) is 12.6 Å². The van der Waals surface area contributed by atoms with Crippen LogP contribution in [0.5, 0.6) is 0 Å². The van der Waals surface area contributed by atoms with E-state index in [0.29, 0.717) is 11.5 Å². The van der Waals surface area contributed by atoms with Crippen molar-refractivity contribution in [1.29, 1.82) is 0 Å². The Morgan fingerprint density at radius 1 is 1.42 bits per heavy atom. The average Bonchev–Trinajstić information content (AvgIpc) is 2.79. The van der Waals surface area contributed by atoms with E-state index in [2.05, 4.69) is 25.4 Å². The van der Waals surface area contributed by atoms with Gasteiger partial charge in [0.15, 0.2) is 0 Å². The normalized spacial score (nSPS) is 20.0. The third kappa shape index (κ3) is 3.36. The molecule has 0 aromatic rings. The van der Waals surface area contributed by atoms with E-state index in [0.717, 1.165) is 0 Å². The van der Waals surface area contributed by atoms with Gasteiger partial charge in [-0.1, -0.05) is 13.8 Å². The van der Waals surface area contributed by atoms with Crippen LogP contribution in [-0.4, -0.2) is 24.6 Å². The number of hydrogen-bond acceptors (Lipinski definition) is 2. The van der Waals surface area contributed by atoms with Gasteiger partial charge < -0.3 is 5.32 Å². The van der Waals surface area contributed by atoms with E-state index < -0.39 is 0 Å². The van der Waals surface area contributed by atoms with Crippen molar-refractivity contribution in [3.63, 3.8) is 0 Å². The lowest BCUT2D eigenvalue weighted by atomic mass is 10.0. The predicted molar refractivity (Wildman–Crippen MR) is 57.8 cm³/mol. The summed E-state index contributed by atoms with van der Waals surface area (Å²) in [6.07, 6.45) is 6.51. The highest BCUT2D eigenvalue weighted by molar-refractivity contribution is 7.98. The number of rotatable bonds is 6. The van der Waals surface area contributed by atoms with Crippen molar-refractivity contribution in [1.82, 2.24) is 5.32 Å². The van der Waals surface area contributed by atoms with Gasteiger partial charge in [-0.05, 0) is 36.7 Å². The second-order valence-electron chi connectivity index (χ2n) is 4.28. The fraction of sp³-hybridized carbons (Fsp3) is 1.00. The molecule has 0 heterocycles. The van der Waals surface area contributed by atoms with Gasteiger partial charge in [0.05, 0.1) is 0 Å². The molecule has 1 fully saturated rings. The quantitative estimate of drug-likeness (QED) is 0.686. The van der Waals surface area contributed by atoms with Gasteiger partial charge >= 0.3 is 0 Å². The van der Waals surface area contributed by atoms with Gasteiger partial charge in [-0.15, -0.1) is 0 Å². The van der Waals surface area contributed by atoms with Crippen LogP contribution in [0, 0.1) is 5.41 Å². The van der Waals surface area contributed by atoms with Crippen molar-refractivity contribution < 1.29 is 0 Å². The lowest BCUT2D eigenvalue weighted by molar-refractivity contribution is 0.423. The molecule has 0 saturated heterocycles. The summed E-state index contributed by atoms with van der Waals surface area (Å²) in [5, 5.41) is 3.55. The van der Waals surface area contributed by atoms with E-state index in [-0.39, 0.29) is 0 Å². The van der Waals surface area contributed by atoms with Gasteiger partial charge in [-0.3, -0.25) is 0 Å². The molecule has 0 radical (unpaired) electrons. The summed E-state index contributed by atoms with van der Waals surface area (Å²) >= 11 is 1.97. The zero-order valence-corrected chi connectivity index (χ0v) is 9.34. The molecule has 1 N–H and O–H groups in total. The minimum absolute atomic E-state index is 0.650. The average molecular weight is 187 g/mol. The fourth-order valence-electron chi connectivity index (χ4n) is 1.43. The Morgan fingerprint density at radius 3 is 2.50 bits per heavy atom. The zero-order chi connectivity index (χ0) is 9.03. The summed E-state index contributed by atoms with van der Waals surface area (Å²) in [6.45, 7) is 5.69. The lowest BCUT2D eigenvalue weighted by Crippen LogP contribution is -2.30. The first-order valence-electron chi connectivity index (χ1n) is 4.91. The molecule has 0 spiro atoms. The molecule has 0 aliphatic heterocycles. The maximum atomic E-state index is 3.55. The fourth-order valence-corrected chi connectivity index (χ4v) is 2.07. The molecule has 0 aromatic heterocycles. The Kier molecular flexibility index (Phi) is 3.91.